The third-order valence-electron chi connectivity index (χ3n) is 1.88. The van der Waals surface area contributed by atoms with Gasteiger partial charge in [-0.15, -0.1) is 24.8 Å². The van der Waals surface area contributed by atoms with Crippen LogP contribution >= 0.6 is 22.3 Å². The molecule has 0 fully saturated rings. The smallest absolute Gasteiger partial charge is 0.404 e. The Labute approximate surface area is 118 Å². The van der Waals surface area contributed by atoms with Crippen LogP contribution in [-0.4, -0.2) is 19.8 Å². The summed E-state index contributed by atoms with van der Waals surface area (Å²) in [4.78, 5) is 2.14. The number of hydrogen-bond donors (Lipinski definition) is 0. The topological polar surface area (TPSA) is 56.3 Å². The summed E-state index contributed by atoms with van der Waals surface area (Å²) in [5.74, 6) is -2.10. The molecule has 4 nitrogen and oxygen atoms in total. The molecule has 1 aromatic rings. The van der Waals surface area contributed by atoms with Crippen molar-refractivity contribution in [3.05, 3.63) is 17.5 Å². The third-order valence-corrected chi connectivity index (χ3v) is 3.51. The van der Waals surface area contributed by atoms with Crippen LogP contribution in [0.1, 0.15) is 17.8 Å². The highest BCUT2D eigenvalue weighted by molar-refractivity contribution is 8.13. The number of rotatable bonds is 4. The zero-order valence-corrected chi connectivity index (χ0v) is 11.4. The van der Waals surface area contributed by atoms with Crippen LogP contribution in [0.3, 0.4) is 0 Å². The molecule has 0 N–H and O–H groups in total. The minimum atomic E-state index is -5.30. The number of halogens is 7. The van der Waals surface area contributed by atoms with E-state index < -0.39 is 49.8 Å². The zero-order chi connectivity index (χ0) is 15.7. The highest BCUT2D eigenvalue weighted by atomic mass is 35.7. The molecule has 1 rings (SSSR count). The van der Waals surface area contributed by atoms with Crippen molar-refractivity contribution in [2.75, 3.05) is 0 Å². The molecule has 114 valence electrons. The highest BCUT2D eigenvalue weighted by Gasteiger charge is 2.35. The van der Waals surface area contributed by atoms with Gasteiger partial charge in [0.15, 0.2) is 5.75 Å². The van der Waals surface area contributed by atoms with Crippen LogP contribution in [0.15, 0.2) is 11.0 Å². The molecule has 0 atom stereocenters. The van der Waals surface area contributed by atoms with Crippen molar-refractivity contribution in [2.45, 2.75) is 23.6 Å². The van der Waals surface area contributed by atoms with E-state index in [2.05, 4.69) is 9.72 Å². The summed E-state index contributed by atoms with van der Waals surface area (Å²) in [5.41, 5.74) is -1.99. The fraction of sp³-hybridized carbons (Fsp3) is 0.375. The van der Waals surface area contributed by atoms with Gasteiger partial charge in [0.25, 0.3) is 15.5 Å². The number of aromatic nitrogens is 1. The summed E-state index contributed by atoms with van der Waals surface area (Å²) in [7, 11) is 0.434. The SMILES string of the molecule is O=S(=O)(Cl)c1cc(OC(F)(F)F)c(C(F)F)nc1CCl. The molecule has 0 saturated carbocycles. The molecular weight excluding hydrogens is 356 g/mol. The van der Waals surface area contributed by atoms with E-state index in [0.717, 1.165) is 0 Å². The molecule has 0 aromatic carbocycles. The fourth-order valence-corrected chi connectivity index (χ4v) is 2.53. The van der Waals surface area contributed by atoms with Gasteiger partial charge >= 0.3 is 6.36 Å². The van der Waals surface area contributed by atoms with E-state index in [1.54, 1.807) is 0 Å². The lowest BCUT2D eigenvalue weighted by molar-refractivity contribution is -0.275. The quantitative estimate of drug-likeness (QED) is 0.468. The first-order chi connectivity index (χ1) is 8.95. The Morgan fingerprint density at radius 1 is 1.35 bits per heavy atom. The molecular formula is C8H4Cl2F5NO3S. The van der Waals surface area contributed by atoms with Gasteiger partial charge in [-0.25, -0.2) is 22.2 Å². The second-order valence-electron chi connectivity index (χ2n) is 3.24. The minimum absolute atomic E-state index is 0.210. The van der Waals surface area contributed by atoms with E-state index in [0.29, 0.717) is 0 Å². The second kappa shape index (κ2) is 5.86. The molecule has 12 heteroatoms. The Bertz CT molecular complexity index is 605. The van der Waals surface area contributed by atoms with E-state index in [4.69, 9.17) is 22.3 Å². The molecule has 0 unspecified atom stereocenters. The number of pyridine rings is 1. The van der Waals surface area contributed by atoms with E-state index in [9.17, 15) is 30.4 Å². The highest BCUT2D eigenvalue weighted by Crippen LogP contribution is 2.35. The molecule has 0 bridgehead atoms. The molecule has 0 aliphatic rings. The van der Waals surface area contributed by atoms with Gasteiger partial charge in [0.1, 0.15) is 10.6 Å². The Balaban J connectivity index is 3.55. The first-order valence-electron chi connectivity index (χ1n) is 4.54. The summed E-state index contributed by atoms with van der Waals surface area (Å²) in [6, 6.07) is 0.210. The Kier molecular flexibility index (Phi) is 5.03. The van der Waals surface area contributed by atoms with Crippen LogP contribution < -0.4 is 4.74 Å². The number of nitrogens with zero attached hydrogens (tertiary/aromatic N) is 1. The largest absolute Gasteiger partial charge is 0.573 e. The van der Waals surface area contributed by atoms with Gasteiger partial charge in [0.05, 0.1) is 11.6 Å². The lowest BCUT2D eigenvalue weighted by Gasteiger charge is -2.14. The summed E-state index contributed by atoms with van der Waals surface area (Å²) >= 11 is 5.31. The maximum Gasteiger partial charge on any atom is 0.573 e. The first-order valence-corrected chi connectivity index (χ1v) is 7.38. The van der Waals surface area contributed by atoms with Crippen LogP contribution in [0, 0.1) is 0 Å². The maximum atomic E-state index is 12.6. The predicted octanol–water partition coefficient (Wildman–Crippen LogP) is 3.58. The van der Waals surface area contributed by atoms with Gasteiger partial charge < -0.3 is 4.74 Å². The summed E-state index contributed by atoms with van der Waals surface area (Å²) in [6.07, 6.45) is -8.73. The van der Waals surface area contributed by atoms with Gasteiger partial charge in [0, 0.05) is 16.7 Å². The summed E-state index contributed by atoms with van der Waals surface area (Å²) < 4.78 is 87.1. The molecule has 0 aliphatic heterocycles. The predicted molar refractivity (Wildman–Crippen MR) is 58.5 cm³/mol. The maximum absolute atomic E-state index is 12.6. The van der Waals surface area contributed by atoms with Crippen molar-refractivity contribution in [1.82, 2.24) is 4.98 Å². The average Bonchev–Trinajstić information content (AvgIpc) is 2.24. The van der Waals surface area contributed by atoms with Gasteiger partial charge in [-0.1, -0.05) is 0 Å². The third kappa shape index (κ3) is 4.32. The molecule has 20 heavy (non-hydrogen) atoms. The Morgan fingerprint density at radius 3 is 2.25 bits per heavy atom. The Morgan fingerprint density at radius 2 is 1.90 bits per heavy atom. The molecule has 0 saturated heterocycles. The van der Waals surface area contributed by atoms with Crippen LogP contribution in [0.2, 0.25) is 0 Å². The van der Waals surface area contributed by atoms with Crippen molar-refractivity contribution in [3.8, 4) is 5.75 Å². The van der Waals surface area contributed by atoms with Gasteiger partial charge in [-0.2, -0.15) is 0 Å². The van der Waals surface area contributed by atoms with Crippen LogP contribution in [0.5, 0.6) is 5.75 Å². The van der Waals surface area contributed by atoms with Crippen molar-refractivity contribution in [3.63, 3.8) is 0 Å². The number of ether oxygens (including phenoxy) is 1. The molecule has 1 aromatic heterocycles. The van der Waals surface area contributed by atoms with Crippen molar-refractivity contribution < 1.29 is 35.1 Å². The van der Waals surface area contributed by atoms with Gasteiger partial charge in [0.2, 0.25) is 0 Å². The first kappa shape index (κ1) is 17.2. The molecule has 1 heterocycles. The van der Waals surface area contributed by atoms with Crippen molar-refractivity contribution in [1.29, 1.82) is 0 Å². The Hall–Kier alpha value is -0.870. The normalized spacial score (nSPS) is 12.8. The number of hydrogen-bond acceptors (Lipinski definition) is 4. The molecule has 0 spiro atoms. The lowest BCUT2D eigenvalue weighted by atomic mass is 10.3. The van der Waals surface area contributed by atoms with E-state index in [1.165, 1.54) is 0 Å². The number of alkyl halides is 6. The molecule has 0 amide bonds. The van der Waals surface area contributed by atoms with E-state index in [1.807, 2.05) is 0 Å². The van der Waals surface area contributed by atoms with Crippen LogP contribution in [-0.2, 0) is 14.9 Å². The van der Waals surface area contributed by atoms with Crippen LogP contribution in [0.4, 0.5) is 22.0 Å². The molecule has 0 aliphatic carbocycles. The summed E-state index contributed by atoms with van der Waals surface area (Å²) in [6.45, 7) is 0. The van der Waals surface area contributed by atoms with E-state index in [-0.39, 0.29) is 6.07 Å². The monoisotopic (exact) mass is 359 g/mol. The van der Waals surface area contributed by atoms with E-state index >= 15 is 0 Å². The fourth-order valence-electron chi connectivity index (χ4n) is 1.20. The lowest BCUT2D eigenvalue weighted by Crippen LogP contribution is -2.19. The standard InChI is InChI=1S/C8H4Cl2F5NO3S/c9-2-3-5(20(10,17)18)1-4(19-8(13,14)15)6(16-3)7(11)12/h1,7H,2H2. The van der Waals surface area contributed by atoms with Gasteiger partial charge in [-0.3, -0.25) is 0 Å². The second-order valence-corrected chi connectivity index (χ2v) is 6.04. The van der Waals surface area contributed by atoms with Gasteiger partial charge in [-0.05, 0) is 0 Å². The minimum Gasteiger partial charge on any atom is -0.404 e. The van der Waals surface area contributed by atoms with Crippen LogP contribution in [0.25, 0.3) is 0 Å². The molecule has 0 radical (unpaired) electrons. The van der Waals surface area contributed by atoms with Crippen molar-refractivity contribution in [2.24, 2.45) is 0 Å². The zero-order valence-electron chi connectivity index (χ0n) is 9.09. The van der Waals surface area contributed by atoms with Crippen molar-refractivity contribution >= 4 is 31.3 Å². The average molecular weight is 360 g/mol. The summed E-state index contributed by atoms with van der Waals surface area (Å²) in [5, 5.41) is 0.